The summed E-state index contributed by atoms with van der Waals surface area (Å²) in [6.45, 7) is 4.96. The van der Waals surface area contributed by atoms with Crippen LogP contribution in [0, 0.1) is 0 Å². The zero-order chi connectivity index (χ0) is 69.8. The number of carbonyl (C=O) groups is 2. The lowest BCUT2D eigenvalue weighted by Crippen LogP contribution is -2.45. The van der Waals surface area contributed by atoms with E-state index in [0.717, 1.165) is 38.5 Å². The Morgan fingerprint density at radius 3 is 0.732 bits per heavy atom. The number of unbranched alkanes of at least 4 members (excludes halogenated alkanes) is 70. The lowest BCUT2D eigenvalue weighted by Gasteiger charge is -2.20. The molecule has 0 aliphatic carbocycles. The molecule has 2 atom stereocenters. The number of aliphatic hydroxyl groups excluding tert-OH is 2. The van der Waals surface area contributed by atoms with Crippen LogP contribution in [0.2, 0.25) is 0 Å². The fraction of sp³-hybridized carbons (Fsp3) is 0.912. The third-order valence-corrected chi connectivity index (χ3v) is 21.1. The van der Waals surface area contributed by atoms with Crippen LogP contribution in [0.25, 0.3) is 0 Å². The molecule has 0 fully saturated rings. The molecule has 0 rings (SSSR count). The molecule has 0 aliphatic rings. The van der Waals surface area contributed by atoms with Gasteiger partial charge in [-0.1, -0.05) is 448 Å². The van der Waals surface area contributed by atoms with Gasteiger partial charge in [0.05, 0.1) is 25.4 Å². The lowest BCUT2D eigenvalue weighted by molar-refractivity contribution is -0.143. The van der Waals surface area contributed by atoms with Gasteiger partial charge in [0.1, 0.15) is 0 Å². The summed E-state index contributed by atoms with van der Waals surface area (Å²) in [4.78, 5) is 24.7. The zero-order valence-electron chi connectivity index (χ0n) is 66.1. The molecule has 6 nitrogen and oxygen atoms in total. The average molecular weight is 1360 g/mol. The van der Waals surface area contributed by atoms with Crippen molar-refractivity contribution in [3.8, 4) is 0 Å². The highest BCUT2D eigenvalue weighted by atomic mass is 16.5. The summed E-state index contributed by atoms with van der Waals surface area (Å²) < 4.78 is 5.52. The van der Waals surface area contributed by atoms with Crippen LogP contribution in [0.4, 0.5) is 0 Å². The zero-order valence-corrected chi connectivity index (χ0v) is 66.1. The highest BCUT2D eigenvalue weighted by molar-refractivity contribution is 5.76. The molecule has 0 bridgehead atoms. The topological polar surface area (TPSA) is 95.9 Å². The van der Waals surface area contributed by atoms with E-state index in [4.69, 9.17) is 4.74 Å². The standard InChI is InChI=1S/C91H175NO5/c1-3-5-7-9-11-13-15-17-19-21-23-24-42-45-48-51-55-59-63-67-71-75-79-83-89(94)88(87-93)92-90(95)84-80-76-72-68-64-60-56-52-49-46-43-40-38-36-34-32-30-28-26-25-27-29-31-33-35-37-39-41-44-47-50-54-58-62-66-70-74-78-82-86-97-91(96)85-81-77-73-69-65-61-57-53-22-20-18-16-14-12-10-8-6-4-2/h20,22,25-26,79,83,88-89,93-94H,3-19,21,23-24,27-78,80-82,84-87H2,1-2H3,(H,92,95)/b22-20-,26-25-,83-79+. The van der Waals surface area contributed by atoms with Crippen molar-refractivity contribution >= 4 is 11.9 Å². The molecule has 6 heteroatoms. The Morgan fingerprint density at radius 1 is 0.278 bits per heavy atom. The minimum Gasteiger partial charge on any atom is -0.466 e. The molecule has 97 heavy (non-hydrogen) atoms. The monoisotopic (exact) mass is 1360 g/mol. The Morgan fingerprint density at radius 2 is 0.485 bits per heavy atom. The number of nitrogens with one attached hydrogen (secondary N) is 1. The number of rotatable bonds is 85. The highest BCUT2D eigenvalue weighted by Gasteiger charge is 2.18. The summed E-state index contributed by atoms with van der Waals surface area (Å²) in [6.07, 6.45) is 115. The molecule has 0 aliphatic heterocycles. The summed E-state index contributed by atoms with van der Waals surface area (Å²) >= 11 is 0. The molecule has 0 heterocycles. The van der Waals surface area contributed by atoms with Crippen molar-refractivity contribution in [3.05, 3.63) is 36.5 Å². The Hall–Kier alpha value is -1.92. The van der Waals surface area contributed by atoms with Crippen LogP contribution in [0.15, 0.2) is 36.5 Å². The van der Waals surface area contributed by atoms with E-state index in [1.54, 1.807) is 6.08 Å². The van der Waals surface area contributed by atoms with E-state index in [1.165, 1.54) is 443 Å². The van der Waals surface area contributed by atoms with Crippen molar-refractivity contribution in [1.82, 2.24) is 5.32 Å². The van der Waals surface area contributed by atoms with Gasteiger partial charge in [-0.15, -0.1) is 0 Å². The average Bonchev–Trinajstić information content (AvgIpc) is 2.52. The van der Waals surface area contributed by atoms with Gasteiger partial charge in [0.2, 0.25) is 5.91 Å². The predicted octanol–water partition coefficient (Wildman–Crippen LogP) is 30.1. The first-order valence-electron chi connectivity index (χ1n) is 44.8. The first-order chi connectivity index (χ1) is 48.0. The molecule has 0 saturated carbocycles. The maximum atomic E-state index is 12.6. The van der Waals surface area contributed by atoms with Crippen LogP contribution in [0.1, 0.15) is 508 Å². The third-order valence-electron chi connectivity index (χ3n) is 21.1. The number of allylic oxidation sites excluding steroid dienone is 5. The molecule has 0 radical (unpaired) electrons. The lowest BCUT2D eigenvalue weighted by atomic mass is 10.0. The summed E-state index contributed by atoms with van der Waals surface area (Å²) in [5.74, 6) is -0.0377. The minimum absolute atomic E-state index is 0.0204. The van der Waals surface area contributed by atoms with Gasteiger partial charge in [-0.25, -0.2) is 0 Å². The Kier molecular flexibility index (Phi) is 84.8. The van der Waals surface area contributed by atoms with Gasteiger partial charge in [-0.2, -0.15) is 0 Å². The van der Waals surface area contributed by atoms with Crippen molar-refractivity contribution in [2.75, 3.05) is 13.2 Å². The number of carbonyl (C=O) groups excluding carboxylic acids is 2. The van der Waals surface area contributed by atoms with Crippen molar-refractivity contribution in [2.45, 2.75) is 520 Å². The number of aliphatic hydroxyl groups is 2. The normalized spacial score (nSPS) is 12.6. The van der Waals surface area contributed by atoms with E-state index < -0.39 is 12.1 Å². The molecule has 574 valence electrons. The number of hydrogen-bond acceptors (Lipinski definition) is 5. The maximum absolute atomic E-state index is 12.6. The van der Waals surface area contributed by atoms with Gasteiger partial charge in [-0.05, 0) is 83.5 Å². The third kappa shape index (κ3) is 82.9. The van der Waals surface area contributed by atoms with Crippen LogP contribution < -0.4 is 5.32 Å². The highest BCUT2D eigenvalue weighted by Crippen LogP contribution is 2.21. The van der Waals surface area contributed by atoms with Crippen LogP contribution in [0.3, 0.4) is 0 Å². The van der Waals surface area contributed by atoms with Crippen molar-refractivity contribution in [2.24, 2.45) is 0 Å². The van der Waals surface area contributed by atoms with Crippen LogP contribution in [-0.4, -0.2) is 47.4 Å². The van der Waals surface area contributed by atoms with Gasteiger partial charge in [0, 0.05) is 12.8 Å². The smallest absolute Gasteiger partial charge is 0.305 e. The summed E-state index contributed by atoms with van der Waals surface area (Å²) in [5, 5.41) is 23.3. The molecular weight excluding hydrogens is 1190 g/mol. The van der Waals surface area contributed by atoms with E-state index in [9.17, 15) is 19.8 Å². The van der Waals surface area contributed by atoms with Crippen molar-refractivity contribution in [1.29, 1.82) is 0 Å². The number of amides is 1. The molecule has 0 aromatic carbocycles. The Balaban J connectivity index is 3.34. The molecule has 2 unspecified atom stereocenters. The second-order valence-electron chi connectivity index (χ2n) is 30.9. The summed E-state index contributed by atoms with van der Waals surface area (Å²) in [6, 6.07) is -0.626. The van der Waals surface area contributed by atoms with E-state index in [0.29, 0.717) is 19.4 Å². The Bertz CT molecular complexity index is 1570. The summed E-state index contributed by atoms with van der Waals surface area (Å²) in [7, 11) is 0. The molecule has 0 aromatic rings. The minimum atomic E-state index is -0.843. The predicted molar refractivity (Wildman–Crippen MR) is 430 cm³/mol. The molecule has 0 saturated heterocycles. The van der Waals surface area contributed by atoms with Gasteiger partial charge >= 0.3 is 5.97 Å². The van der Waals surface area contributed by atoms with Gasteiger partial charge in [0.15, 0.2) is 0 Å². The number of hydrogen-bond donors (Lipinski definition) is 3. The molecule has 0 spiro atoms. The summed E-state index contributed by atoms with van der Waals surface area (Å²) in [5.41, 5.74) is 0. The first kappa shape index (κ1) is 95.1. The molecule has 0 aromatic heterocycles. The fourth-order valence-corrected chi connectivity index (χ4v) is 14.3. The second kappa shape index (κ2) is 86.5. The fourth-order valence-electron chi connectivity index (χ4n) is 14.3. The van der Waals surface area contributed by atoms with Crippen LogP contribution in [-0.2, 0) is 14.3 Å². The molecule has 1 amide bonds. The Labute approximate surface area is 608 Å². The van der Waals surface area contributed by atoms with Gasteiger partial charge < -0.3 is 20.3 Å². The van der Waals surface area contributed by atoms with Crippen LogP contribution >= 0.6 is 0 Å². The number of ether oxygens (including phenoxy) is 1. The number of esters is 1. The van der Waals surface area contributed by atoms with Crippen LogP contribution in [0.5, 0.6) is 0 Å². The maximum Gasteiger partial charge on any atom is 0.305 e. The molecule has 3 N–H and O–H groups in total. The SMILES string of the molecule is CCCCCCCCC/C=C\CCCCCCCCCC(=O)OCCCCCCCCCCCCCCCCCCCC/C=C\CCCCCCCCCCCCCCCCCCCC(=O)NC(CO)C(O)/C=C/CCCCCCCCCCCCCCCCCCCCCCC. The van der Waals surface area contributed by atoms with Crippen molar-refractivity contribution in [3.63, 3.8) is 0 Å². The largest absolute Gasteiger partial charge is 0.466 e. The first-order valence-corrected chi connectivity index (χ1v) is 44.8. The van der Waals surface area contributed by atoms with Gasteiger partial charge in [0.25, 0.3) is 0 Å². The quantitative estimate of drug-likeness (QED) is 0.0320. The van der Waals surface area contributed by atoms with Crippen molar-refractivity contribution < 1.29 is 24.5 Å². The van der Waals surface area contributed by atoms with Gasteiger partial charge in [-0.3, -0.25) is 9.59 Å². The molecular formula is C91H175NO5. The van der Waals surface area contributed by atoms with E-state index in [-0.39, 0.29) is 18.5 Å². The van der Waals surface area contributed by atoms with E-state index in [2.05, 4.69) is 43.5 Å². The van der Waals surface area contributed by atoms with E-state index in [1.807, 2.05) is 6.08 Å². The second-order valence-corrected chi connectivity index (χ2v) is 30.9. The van der Waals surface area contributed by atoms with E-state index >= 15 is 0 Å².